The van der Waals surface area contributed by atoms with E-state index in [2.05, 4.69) is 20.4 Å². The molecule has 3 aromatic rings. The number of rotatable bonds is 5. The summed E-state index contributed by atoms with van der Waals surface area (Å²) in [5.41, 5.74) is -0.559. The molecular weight excluding hydrogens is 452 g/mol. The SMILES string of the molecule is N#CCc1[nH]nc(N=Nc2c(O)c(S(=O)(=O)O)cc3ccc(S(=O)(=O)O)cc23)c1C#N. The molecule has 0 saturated carbocycles. The highest BCUT2D eigenvalue weighted by Crippen LogP contribution is 2.42. The van der Waals surface area contributed by atoms with Crippen molar-refractivity contribution >= 4 is 42.5 Å². The normalized spacial score (nSPS) is 12.1. The summed E-state index contributed by atoms with van der Waals surface area (Å²) in [6, 6.07) is 7.45. The molecule has 1 heterocycles. The number of fused-ring (bicyclic) bond motifs is 1. The maximum Gasteiger partial charge on any atom is 0.298 e. The zero-order valence-electron chi connectivity index (χ0n) is 15.0. The molecule has 31 heavy (non-hydrogen) atoms. The molecule has 13 nitrogen and oxygen atoms in total. The van der Waals surface area contributed by atoms with Crippen molar-refractivity contribution in [3.05, 3.63) is 35.5 Å². The number of phenolic OH excluding ortho intramolecular Hbond substituents is 1. The first-order valence-corrected chi connectivity index (χ1v) is 10.9. The molecule has 158 valence electrons. The van der Waals surface area contributed by atoms with Crippen LogP contribution in [0.15, 0.2) is 44.3 Å². The third-order valence-electron chi connectivity index (χ3n) is 4.03. The van der Waals surface area contributed by atoms with Crippen LogP contribution in [-0.2, 0) is 26.7 Å². The zero-order valence-corrected chi connectivity index (χ0v) is 16.7. The Morgan fingerprint density at radius 2 is 1.77 bits per heavy atom. The molecule has 0 bridgehead atoms. The van der Waals surface area contributed by atoms with Crippen LogP contribution >= 0.6 is 0 Å². The van der Waals surface area contributed by atoms with Gasteiger partial charge in [-0.2, -0.15) is 32.5 Å². The third kappa shape index (κ3) is 4.20. The number of azo groups is 1. The van der Waals surface area contributed by atoms with Gasteiger partial charge in [0.15, 0.2) is 5.75 Å². The number of H-pyrrole nitrogens is 1. The average molecular weight is 462 g/mol. The molecule has 0 aliphatic heterocycles. The predicted octanol–water partition coefficient (Wildman–Crippen LogP) is 2.12. The Bertz CT molecular complexity index is 1540. The molecule has 0 aliphatic rings. The van der Waals surface area contributed by atoms with Gasteiger partial charge in [0.1, 0.15) is 22.2 Å². The van der Waals surface area contributed by atoms with Crippen LogP contribution in [0, 0.1) is 22.7 Å². The first-order chi connectivity index (χ1) is 14.5. The van der Waals surface area contributed by atoms with Gasteiger partial charge in [0.2, 0.25) is 5.82 Å². The molecule has 2 aromatic carbocycles. The summed E-state index contributed by atoms with van der Waals surface area (Å²) < 4.78 is 64.8. The first kappa shape index (κ1) is 21.8. The predicted molar refractivity (Wildman–Crippen MR) is 102 cm³/mol. The number of phenols is 1. The quantitative estimate of drug-likeness (QED) is 0.318. The van der Waals surface area contributed by atoms with Gasteiger partial charge in [-0.1, -0.05) is 6.07 Å². The van der Waals surface area contributed by atoms with Crippen LogP contribution in [0.5, 0.6) is 5.75 Å². The van der Waals surface area contributed by atoms with Crippen molar-refractivity contribution in [2.24, 2.45) is 10.2 Å². The zero-order chi connectivity index (χ0) is 23.0. The van der Waals surface area contributed by atoms with Crippen molar-refractivity contribution in [2.75, 3.05) is 0 Å². The van der Waals surface area contributed by atoms with Crippen LogP contribution < -0.4 is 0 Å². The summed E-state index contributed by atoms with van der Waals surface area (Å²) in [5.74, 6) is -1.35. The number of aromatic nitrogens is 2. The lowest BCUT2D eigenvalue weighted by molar-refractivity contribution is 0.445. The van der Waals surface area contributed by atoms with Gasteiger partial charge in [-0.05, 0) is 23.6 Å². The van der Waals surface area contributed by atoms with E-state index in [9.17, 15) is 36.3 Å². The third-order valence-corrected chi connectivity index (χ3v) is 5.75. The molecular formula is C16H10N6O7S2. The van der Waals surface area contributed by atoms with E-state index < -0.39 is 41.5 Å². The highest BCUT2D eigenvalue weighted by Gasteiger charge is 2.23. The van der Waals surface area contributed by atoms with Gasteiger partial charge in [-0.15, -0.1) is 10.2 Å². The molecule has 0 fully saturated rings. The first-order valence-electron chi connectivity index (χ1n) is 7.98. The van der Waals surface area contributed by atoms with Crippen LogP contribution in [0.3, 0.4) is 0 Å². The number of nitrogens with one attached hydrogen (secondary N) is 1. The van der Waals surface area contributed by atoms with E-state index in [1.54, 1.807) is 6.07 Å². The molecule has 0 spiro atoms. The Hall–Kier alpha value is -3.89. The molecule has 0 radical (unpaired) electrons. The van der Waals surface area contributed by atoms with Gasteiger partial charge >= 0.3 is 0 Å². The number of aromatic hydroxyl groups is 1. The van der Waals surface area contributed by atoms with Crippen molar-refractivity contribution in [3.8, 4) is 17.9 Å². The van der Waals surface area contributed by atoms with Crippen molar-refractivity contribution in [1.29, 1.82) is 10.5 Å². The van der Waals surface area contributed by atoms with E-state index in [0.29, 0.717) is 0 Å². The van der Waals surface area contributed by atoms with E-state index in [1.165, 1.54) is 0 Å². The van der Waals surface area contributed by atoms with Gasteiger partial charge in [0.05, 0.1) is 23.1 Å². The fraction of sp³-hybridized carbons (Fsp3) is 0.0625. The van der Waals surface area contributed by atoms with Crippen LogP contribution in [0.25, 0.3) is 10.8 Å². The fourth-order valence-corrected chi connectivity index (χ4v) is 3.76. The lowest BCUT2D eigenvalue weighted by Gasteiger charge is -2.09. The van der Waals surface area contributed by atoms with Gasteiger partial charge in [-0.25, -0.2) is 0 Å². The molecule has 0 amide bonds. The van der Waals surface area contributed by atoms with Crippen molar-refractivity contribution in [1.82, 2.24) is 10.2 Å². The second kappa shape index (κ2) is 7.74. The summed E-state index contributed by atoms with van der Waals surface area (Å²) in [6.45, 7) is 0. The smallest absolute Gasteiger partial charge is 0.298 e. The maximum absolute atomic E-state index is 11.6. The highest BCUT2D eigenvalue weighted by molar-refractivity contribution is 7.86. The second-order valence-corrected chi connectivity index (χ2v) is 8.76. The van der Waals surface area contributed by atoms with Crippen LogP contribution in [-0.4, -0.2) is 41.2 Å². The van der Waals surface area contributed by atoms with Crippen molar-refractivity contribution < 1.29 is 31.0 Å². The van der Waals surface area contributed by atoms with E-state index in [0.717, 1.165) is 24.3 Å². The summed E-state index contributed by atoms with van der Waals surface area (Å²) in [6.07, 6.45) is -0.185. The largest absolute Gasteiger partial charge is 0.504 e. The van der Waals surface area contributed by atoms with Gasteiger partial charge in [-0.3, -0.25) is 14.2 Å². The minimum absolute atomic E-state index is 0.0273. The lowest BCUT2D eigenvalue weighted by Crippen LogP contribution is -2.00. The summed E-state index contributed by atoms with van der Waals surface area (Å²) >= 11 is 0. The van der Waals surface area contributed by atoms with Gasteiger partial charge in [0.25, 0.3) is 20.2 Å². The number of nitriles is 2. The fourth-order valence-electron chi connectivity index (χ4n) is 2.64. The Morgan fingerprint density at radius 1 is 1.06 bits per heavy atom. The summed E-state index contributed by atoms with van der Waals surface area (Å²) in [7, 11) is -9.57. The Labute approximate surface area is 174 Å². The van der Waals surface area contributed by atoms with Crippen LogP contribution in [0.1, 0.15) is 11.3 Å². The monoisotopic (exact) mass is 462 g/mol. The van der Waals surface area contributed by atoms with Crippen molar-refractivity contribution in [3.63, 3.8) is 0 Å². The number of nitrogens with zero attached hydrogens (tertiary/aromatic N) is 5. The van der Waals surface area contributed by atoms with E-state index in [1.807, 2.05) is 6.07 Å². The molecule has 0 atom stereocenters. The standard InChI is InChI=1S/C16H10N6O7S2/c17-4-3-12-11(7-18)16(21-19-12)22-20-14-10-6-9(30(24,25)26)2-1-8(10)5-13(15(14)23)31(27,28)29/h1-2,5-6,23H,3H2,(H,19,21)(H,24,25,26)(H,27,28,29). The number of aromatic amines is 1. The highest BCUT2D eigenvalue weighted by atomic mass is 32.2. The van der Waals surface area contributed by atoms with Crippen molar-refractivity contribution in [2.45, 2.75) is 16.2 Å². The van der Waals surface area contributed by atoms with Crippen LogP contribution in [0.4, 0.5) is 11.5 Å². The average Bonchev–Trinajstić information content (AvgIpc) is 3.06. The Morgan fingerprint density at radius 3 is 2.35 bits per heavy atom. The maximum atomic E-state index is 11.6. The van der Waals surface area contributed by atoms with E-state index in [4.69, 9.17) is 5.26 Å². The molecule has 4 N–H and O–H groups in total. The molecule has 0 unspecified atom stereocenters. The number of hydrogen-bond acceptors (Lipinski definition) is 10. The number of hydrogen-bond donors (Lipinski definition) is 4. The lowest BCUT2D eigenvalue weighted by atomic mass is 10.1. The van der Waals surface area contributed by atoms with E-state index in [-0.39, 0.29) is 34.3 Å². The van der Waals surface area contributed by atoms with Gasteiger partial charge in [0, 0.05) is 5.39 Å². The summed E-state index contributed by atoms with van der Waals surface area (Å²) in [5, 5.41) is 41.8. The summed E-state index contributed by atoms with van der Waals surface area (Å²) in [4.78, 5) is -1.51. The van der Waals surface area contributed by atoms with Crippen LogP contribution in [0.2, 0.25) is 0 Å². The molecule has 0 aliphatic carbocycles. The number of benzene rings is 2. The topological polar surface area (TPSA) is 230 Å². The van der Waals surface area contributed by atoms with Gasteiger partial charge < -0.3 is 5.11 Å². The Kier molecular flexibility index (Phi) is 5.45. The molecule has 3 rings (SSSR count). The second-order valence-electron chi connectivity index (χ2n) is 5.95. The molecule has 1 aromatic heterocycles. The molecule has 0 saturated heterocycles. The Balaban J connectivity index is 2.32. The minimum atomic E-state index is -4.91. The molecule has 15 heteroatoms. The van der Waals surface area contributed by atoms with E-state index >= 15 is 0 Å². The minimum Gasteiger partial charge on any atom is -0.504 e.